The molecule has 1 saturated heterocycles. The summed E-state index contributed by atoms with van der Waals surface area (Å²) >= 11 is 0. The molecule has 1 heterocycles. The van der Waals surface area contributed by atoms with Crippen LogP contribution in [0.4, 0.5) is 0 Å². The lowest BCUT2D eigenvalue weighted by Gasteiger charge is -2.37. The van der Waals surface area contributed by atoms with Gasteiger partial charge in [-0.05, 0) is 49.6 Å². The van der Waals surface area contributed by atoms with Gasteiger partial charge < -0.3 is 14.6 Å². The minimum absolute atomic E-state index is 0.192. The first kappa shape index (κ1) is 15.6. The number of benzene rings is 1. The lowest BCUT2D eigenvalue weighted by atomic mass is 9.91. The lowest BCUT2D eigenvalue weighted by molar-refractivity contribution is -0.147. The van der Waals surface area contributed by atoms with Crippen LogP contribution in [0.25, 0.3) is 0 Å². The van der Waals surface area contributed by atoms with Crippen molar-refractivity contribution in [2.75, 3.05) is 26.8 Å². The molecule has 116 valence electrons. The van der Waals surface area contributed by atoms with E-state index in [1.54, 1.807) is 7.11 Å². The number of piperidine rings is 1. The van der Waals surface area contributed by atoms with Gasteiger partial charge in [-0.3, -0.25) is 9.69 Å². The van der Waals surface area contributed by atoms with Gasteiger partial charge in [0, 0.05) is 6.54 Å². The molecule has 21 heavy (non-hydrogen) atoms. The van der Waals surface area contributed by atoms with Crippen molar-refractivity contribution in [3.05, 3.63) is 24.3 Å². The van der Waals surface area contributed by atoms with E-state index >= 15 is 0 Å². The average molecular weight is 293 g/mol. The first-order valence-corrected chi connectivity index (χ1v) is 7.35. The monoisotopic (exact) mass is 293 g/mol. The molecule has 0 aliphatic carbocycles. The number of likely N-dealkylation sites (tertiary alicyclic amines) is 1. The molecular weight excluding hydrogens is 270 g/mol. The van der Waals surface area contributed by atoms with Crippen LogP contribution in [0.3, 0.4) is 0 Å². The number of hydrogen-bond donors (Lipinski definition) is 1. The van der Waals surface area contributed by atoms with E-state index in [9.17, 15) is 9.90 Å². The molecular formula is C16H23NO4. The number of nitrogens with zero attached hydrogens (tertiary/aromatic N) is 1. The molecule has 5 nitrogen and oxygen atoms in total. The Balaban J connectivity index is 1.84. The van der Waals surface area contributed by atoms with E-state index in [-0.39, 0.29) is 5.92 Å². The molecule has 1 aliphatic heterocycles. The second-order valence-corrected chi connectivity index (χ2v) is 5.46. The normalized spacial score (nSPS) is 22.8. The predicted molar refractivity (Wildman–Crippen MR) is 79.9 cm³/mol. The maximum absolute atomic E-state index is 11.4. The third-order valence-electron chi connectivity index (χ3n) is 4.00. The summed E-state index contributed by atoms with van der Waals surface area (Å²) in [5, 5.41) is 9.36. The molecule has 1 aromatic rings. The van der Waals surface area contributed by atoms with E-state index < -0.39 is 12.0 Å². The maximum atomic E-state index is 11.4. The summed E-state index contributed by atoms with van der Waals surface area (Å²) in [6, 6.07) is 7.01. The SMILES string of the molecule is COc1ccc(OCCN2CCCC(C)C2C(=O)O)cc1. The molecule has 1 N–H and O–H groups in total. The number of aliphatic carboxylic acids is 1. The van der Waals surface area contributed by atoms with Gasteiger partial charge >= 0.3 is 5.97 Å². The van der Waals surface area contributed by atoms with Crippen molar-refractivity contribution >= 4 is 5.97 Å². The van der Waals surface area contributed by atoms with Gasteiger partial charge in [-0.2, -0.15) is 0 Å². The molecule has 5 heteroatoms. The number of carboxylic acid groups (broad SMARTS) is 1. The van der Waals surface area contributed by atoms with Gasteiger partial charge in [-0.1, -0.05) is 6.92 Å². The number of carboxylic acids is 1. The van der Waals surface area contributed by atoms with Crippen LogP contribution in [-0.4, -0.2) is 48.8 Å². The topological polar surface area (TPSA) is 59.0 Å². The Kier molecular flexibility index (Phi) is 5.44. The molecule has 2 atom stereocenters. The van der Waals surface area contributed by atoms with Crippen LogP contribution in [0.15, 0.2) is 24.3 Å². The zero-order valence-corrected chi connectivity index (χ0v) is 12.6. The van der Waals surface area contributed by atoms with Gasteiger partial charge in [0.05, 0.1) is 7.11 Å². The van der Waals surface area contributed by atoms with Crippen LogP contribution in [-0.2, 0) is 4.79 Å². The van der Waals surface area contributed by atoms with E-state index in [1.165, 1.54) is 0 Å². The van der Waals surface area contributed by atoms with Gasteiger partial charge in [0.1, 0.15) is 24.1 Å². The van der Waals surface area contributed by atoms with Gasteiger partial charge in [-0.25, -0.2) is 0 Å². The van der Waals surface area contributed by atoms with Gasteiger partial charge in [0.15, 0.2) is 0 Å². The molecule has 2 rings (SSSR count). The van der Waals surface area contributed by atoms with E-state index in [0.717, 1.165) is 30.9 Å². The summed E-state index contributed by atoms with van der Waals surface area (Å²) in [5.74, 6) is 1.02. The average Bonchev–Trinajstić information content (AvgIpc) is 2.47. The minimum Gasteiger partial charge on any atom is -0.497 e. The van der Waals surface area contributed by atoms with Gasteiger partial charge in [0.25, 0.3) is 0 Å². The first-order chi connectivity index (χ1) is 10.1. The van der Waals surface area contributed by atoms with E-state index in [0.29, 0.717) is 13.2 Å². The molecule has 0 radical (unpaired) electrons. The Morgan fingerprint density at radius 1 is 1.33 bits per heavy atom. The molecule has 0 aromatic heterocycles. The Labute approximate surface area is 125 Å². The quantitative estimate of drug-likeness (QED) is 0.872. The highest BCUT2D eigenvalue weighted by Crippen LogP contribution is 2.23. The van der Waals surface area contributed by atoms with Crippen LogP contribution in [0.1, 0.15) is 19.8 Å². The lowest BCUT2D eigenvalue weighted by Crippen LogP contribution is -2.50. The first-order valence-electron chi connectivity index (χ1n) is 7.35. The summed E-state index contributed by atoms with van der Waals surface area (Å²) in [7, 11) is 1.62. The molecule has 1 fully saturated rings. The fourth-order valence-corrected chi connectivity index (χ4v) is 2.88. The van der Waals surface area contributed by atoms with Crippen LogP contribution >= 0.6 is 0 Å². The summed E-state index contributed by atoms with van der Waals surface area (Å²) in [6.45, 7) is 3.96. The predicted octanol–water partition coefficient (Wildman–Crippen LogP) is 2.26. The zero-order chi connectivity index (χ0) is 15.2. The Hall–Kier alpha value is -1.75. The van der Waals surface area contributed by atoms with Crippen molar-refractivity contribution in [3.63, 3.8) is 0 Å². The second-order valence-electron chi connectivity index (χ2n) is 5.46. The molecule has 0 saturated carbocycles. The molecule has 1 aromatic carbocycles. The second kappa shape index (κ2) is 7.31. The number of ether oxygens (including phenoxy) is 2. The van der Waals surface area contributed by atoms with E-state index in [2.05, 4.69) is 0 Å². The van der Waals surface area contributed by atoms with Crippen LogP contribution < -0.4 is 9.47 Å². The Morgan fingerprint density at radius 3 is 2.62 bits per heavy atom. The number of rotatable bonds is 6. The molecule has 0 amide bonds. The summed E-state index contributed by atoms with van der Waals surface area (Å²) in [4.78, 5) is 13.4. The van der Waals surface area contributed by atoms with Crippen LogP contribution in [0.2, 0.25) is 0 Å². The Morgan fingerprint density at radius 2 is 2.00 bits per heavy atom. The number of hydrogen-bond acceptors (Lipinski definition) is 4. The number of methoxy groups -OCH3 is 1. The third-order valence-corrected chi connectivity index (χ3v) is 4.00. The smallest absolute Gasteiger partial charge is 0.321 e. The minimum atomic E-state index is -0.730. The van der Waals surface area contributed by atoms with Crippen molar-refractivity contribution in [1.29, 1.82) is 0 Å². The molecule has 2 unspecified atom stereocenters. The summed E-state index contributed by atoms with van der Waals surface area (Å²) < 4.78 is 10.8. The highest BCUT2D eigenvalue weighted by Gasteiger charge is 2.33. The van der Waals surface area contributed by atoms with Crippen molar-refractivity contribution < 1.29 is 19.4 Å². The highest BCUT2D eigenvalue weighted by molar-refractivity contribution is 5.74. The van der Waals surface area contributed by atoms with Crippen molar-refractivity contribution in [1.82, 2.24) is 4.90 Å². The van der Waals surface area contributed by atoms with Crippen molar-refractivity contribution in [3.8, 4) is 11.5 Å². The van der Waals surface area contributed by atoms with E-state index in [4.69, 9.17) is 9.47 Å². The van der Waals surface area contributed by atoms with Gasteiger partial charge in [-0.15, -0.1) is 0 Å². The fourth-order valence-electron chi connectivity index (χ4n) is 2.88. The van der Waals surface area contributed by atoms with Crippen LogP contribution in [0.5, 0.6) is 11.5 Å². The molecule has 0 bridgehead atoms. The van der Waals surface area contributed by atoms with Crippen molar-refractivity contribution in [2.45, 2.75) is 25.8 Å². The van der Waals surface area contributed by atoms with Gasteiger partial charge in [0.2, 0.25) is 0 Å². The fraction of sp³-hybridized carbons (Fsp3) is 0.562. The summed E-state index contributed by atoms with van der Waals surface area (Å²) in [5.41, 5.74) is 0. The standard InChI is InChI=1S/C16H23NO4/c1-12-4-3-9-17(15(12)16(18)19)10-11-21-14-7-5-13(20-2)6-8-14/h5-8,12,15H,3-4,9-11H2,1-2H3,(H,18,19). The number of carbonyl (C=O) groups is 1. The zero-order valence-electron chi connectivity index (χ0n) is 12.6. The highest BCUT2D eigenvalue weighted by atomic mass is 16.5. The van der Waals surface area contributed by atoms with E-state index in [1.807, 2.05) is 36.1 Å². The summed E-state index contributed by atoms with van der Waals surface area (Å²) in [6.07, 6.45) is 2.03. The van der Waals surface area contributed by atoms with Crippen LogP contribution in [0, 0.1) is 5.92 Å². The Bertz CT molecular complexity index is 460. The third kappa shape index (κ3) is 4.11. The largest absolute Gasteiger partial charge is 0.497 e. The van der Waals surface area contributed by atoms with Crippen molar-refractivity contribution in [2.24, 2.45) is 5.92 Å². The maximum Gasteiger partial charge on any atom is 0.321 e. The molecule has 1 aliphatic rings. The molecule has 0 spiro atoms.